The van der Waals surface area contributed by atoms with Crippen LogP contribution in [0.3, 0.4) is 0 Å². The second kappa shape index (κ2) is 10.6. The van der Waals surface area contributed by atoms with Crippen molar-refractivity contribution in [3.05, 3.63) is 120 Å². The summed E-state index contributed by atoms with van der Waals surface area (Å²) in [6, 6.07) is 30.2. The molecule has 8 heteroatoms. The maximum Gasteiger partial charge on any atom is 0.322 e. The fourth-order valence-electron chi connectivity index (χ4n) is 5.35. The molecule has 6 rings (SSSR count). The molecule has 0 spiro atoms. The van der Waals surface area contributed by atoms with Crippen LogP contribution in [-0.2, 0) is 6.54 Å². The summed E-state index contributed by atoms with van der Waals surface area (Å²) in [5.41, 5.74) is 6.81. The Morgan fingerprint density at radius 2 is 1.75 bits per heavy atom. The van der Waals surface area contributed by atoms with E-state index in [2.05, 4.69) is 63.4 Å². The van der Waals surface area contributed by atoms with E-state index in [-0.39, 0.29) is 12.1 Å². The molecule has 202 valence electrons. The van der Waals surface area contributed by atoms with Gasteiger partial charge in [0.15, 0.2) is 0 Å². The predicted molar refractivity (Wildman–Crippen MR) is 163 cm³/mol. The van der Waals surface area contributed by atoms with Crippen LogP contribution in [0.1, 0.15) is 28.6 Å². The summed E-state index contributed by atoms with van der Waals surface area (Å²) in [7, 11) is 4.06. The van der Waals surface area contributed by atoms with Crippen molar-refractivity contribution in [2.45, 2.75) is 24.4 Å². The number of hydrogen-bond donors (Lipinski definition) is 1. The van der Waals surface area contributed by atoms with Gasteiger partial charge in [-0.05, 0) is 73.3 Å². The lowest BCUT2D eigenvalue weighted by Gasteiger charge is -2.31. The average molecular weight is 549 g/mol. The Bertz CT molecular complexity index is 1650. The molecule has 1 aliphatic heterocycles. The van der Waals surface area contributed by atoms with Crippen molar-refractivity contribution in [3.63, 3.8) is 0 Å². The van der Waals surface area contributed by atoms with E-state index < -0.39 is 0 Å². The van der Waals surface area contributed by atoms with Crippen molar-refractivity contribution in [2.24, 2.45) is 0 Å². The third-order valence-electron chi connectivity index (χ3n) is 7.39. The normalized spacial score (nSPS) is 14.3. The molecule has 1 atom stereocenters. The highest BCUT2D eigenvalue weighted by atomic mass is 32.2. The Balaban J connectivity index is 1.51. The van der Waals surface area contributed by atoms with Gasteiger partial charge in [0.1, 0.15) is 5.82 Å². The summed E-state index contributed by atoms with van der Waals surface area (Å²) < 4.78 is 4.18. The van der Waals surface area contributed by atoms with Crippen LogP contribution in [0.25, 0.3) is 11.5 Å². The molecule has 1 unspecified atom stereocenters. The second-order valence-corrected chi connectivity index (χ2v) is 11.0. The number of aryl methyl sites for hydroxylation is 1. The summed E-state index contributed by atoms with van der Waals surface area (Å²) in [5.74, 6) is 0.957. The van der Waals surface area contributed by atoms with Gasteiger partial charge < -0.3 is 19.7 Å². The summed E-state index contributed by atoms with van der Waals surface area (Å²) in [4.78, 5) is 19.3. The lowest BCUT2D eigenvalue weighted by Crippen LogP contribution is -2.38. The first-order chi connectivity index (χ1) is 19.4. The maximum absolute atomic E-state index is 14.2. The van der Waals surface area contributed by atoms with E-state index >= 15 is 0 Å². The van der Waals surface area contributed by atoms with Crippen molar-refractivity contribution in [1.82, 2.24) is 19.2 Å². The lowest BCUT2D eigenvalue weighted by molar-refractivity contribution is 0.194. The number of rotatable bonds is 5. The molecule has 0 fully saturated rings. The first-order valence-corrected chi connectivity index (χ1v) is 14.5. The summed E-state index contributed by atoms with van der Waals surface area (Å²) in [6.45, 7) is 2.43. The Morgan fingerprint density at radius 3 is 2.48 bits per heavy atom. The summed E-state index contributed by atoms with van der Waals surface area (Å²) >= 11 is 1.65. The standard InChI is InChI=1S/C32H32N6OS/c1-22-28-21-37(32(39)33-24-10-8-13-27(20-24)40-4)30(23-15-17-25(18-16-23)35(2)3)29-14-9-19-36(29)31(28)38(34-22)26-11-6-5-7-12-26/h5-20,30H,21H2,1-4H3,(H,33,39). The third kappa shape index (κ3) is 4.64. The van der Waals surface area contributed by atoms with Crippen LogP contribution >= 0.6 is 11.8 Å². The molecule has 5 aromatic rings. The van der Waals surface area contributed by atoms with E-state index in [4.69, 9.17) is 5.10 Å². The van der Waals surface area contributed by atoms with E-state index in [1.54, 1.807) is 11.8 Å². The molecule has 0 aliphatic carbocycles. The molecule has 1 aliphatic rings. The second-order valence-electron chi connectivity index (χ2n) is 10.1. The number of thioether (sulfide) groups is 1. The number of urea groups is 1. The first kappa shape index (κ1) is 25.8. The van der Waals surface area contributed by atoms with E-state index in [1.807, 2.05) is 85.4 Å². The highest BCUT2D eigenvalue weighted by molar-refractivity contribution is 7.98. The number of nitrogens with zero attached hydrogens (tertiary/aromatic N) is 5. The van der Waals surface area contributed by atoms with Crippen LogP contribution in [0.4, 0.5) is 16.2 Å². The van der Waals surface area contributed by atoms with Gasteiger partial charge in [-0.15, -0.1) is 11.8 Å². The zero-order valence-corrected chi connectivity index (χ0v) is 23.9. The van der Waals surface area contributed by atoms with Gasteiger partial charge in [0.2, 0.25) is 0 Å². The van der Waals surface area contributed by atoms with Crippen LogP contribution in [0, 0.1) is 6.92 Å². The number of amides is 2. The van der Waals surface area contributed by atoms with Crippen LogP contribution in [0.15, 0.2) is 102 Å². The number of anilines is 2. The Hall–Kier alpha value is -4.43. The van der Waals surface area contributed by atoms with Crippen LogP contribution in [0.5, 0.6) is 0 Å². The zero-order valence-electron chi connectivity index (χ0n) is 23.1. The first-order valence-electron chi connectivity index (χ1n) is 13.2. The van der Waals surface area contributed by atoms with Crippen molar-refractivity contribution in [3.8, 4) is 11.5 Å². The van der Waals surface area contributed by atoms with Crippen LogP contribution < -0.4 is 10.2 Å². The Labute approximate surface area is 239 Å². The molecule has 2 aromatic heterocycles. The fourth-order valence-corrected chi connectivity index (χ4v) is 5.81. The van der Waals surface area contributed by atoms with Gasteiger partial charge in [-0.2, -0.15) is 5.10 Å². The highest BCUT2D eigenvalue weighted by Crippen LogP contribution is 2.39. The number of hydrogen-bond acceptors (Lipinski definition) is 4. The quantitative estimate of drug-likeness (QED) is 0.243. The van der Waals surface area contributed by atoms with Crippen molar-refractivity contribution >= 4 is 29.2 Å². The van der Waals surface area contributed by atoms with Crippen molar-refractivity contribution < 1.29 is 4.79 Å². The third-order valence-corrected chi connectivity index (χ3v) is 8.12. The van der Waals surface area contributed by atoms with Gasteiger partial charge in [0.25, 0.3) is 0 Å². The van der Waals surface area contributed by atoms with Gasteiger partial charge in [0, 0.05) is 42.1 Å². The van der Waals surface area contributed by atoms with E-state index in [0.29, 0.717) is 6.54 Å². The molecule has 0 saturated heterocycles. The topological polar surface area (TPSA) is 58.3 Å². The minimum atomic E-state index is -0.314. The molecule has 3 heterocycles. The van der Waals surface area contributed by atoms with Crippen LogP contribution in [0.2, 0.25) is 0 Å². The molecular weight excluding hydrogens is 516 g/mol. The Morgan fingerprint density at radius 1 is 0.975 bits per heavy atom. The van der Waals surface area contributed by atoms with Gasteiger partial charge in [-0.1, -0.05) is 36.4 Å². The maximum atomic E-state index is 14.2. The van der Waals surface area contributed by atoms with Gasteiger partial charge in [-0.25, -0.2) is 9.48 Å². The number of benzene rings is 3. The minimum Gasteiger partial charge on any atom is -0.378 e. The molecule has 2 amide bonds. The number of fused-ring (bicyclic) bond motifs is 3. The largest absolute Gasteiger partial charge is 0.378 e. The van der Waals surface area contributed by atoms with Gasteiger partial charge in [0.05, 0.1) is 29.7 Å². The molecule has 3 aromatic carbocycles. The lowest BCUT2D eigenvalue weighted by atomic mass is 10.0. The zero-order chi connectivity index (χ0) is 27.8. The Kier molecular flexibility index (Phi) is 6.86. The monoisotopic (exact) mass is 548 g/mol. The number of aromatic nitrogens is 3. The molecule has 0 bridgehead atoms. The van der Waals surface area contributed by atoms with E-state index in [1.165, 1.54) is 0 Å². The average Bonchev–Trinajstić information content (AvgIpc) is 3.54. The molecule has 40 heavy (non-hydrogen) atoms. The van der Waals surface area contributed by atoms with Gasteiger partial charge in [-0.3, -0.25) is 0 Å². The van der Waals surface area contributed by atoms with E-state index in [9.17, 15) is 4.79 Å². The molecule has 7 nitrogen and oxygen atoms in total. The van der Waals surface area contributed by atoms with Crippen molar-refractivity contribution in [2.75, 3.05) is 30.6 Å². The van der Waals surface area contributed by atoms with Crippen LogP contribution in [-0.4, -0.2) is 45.6 Å². The molecule has 0 radical (unpaired) electrons. The fraction of sp³-hybridized carbons (Fsp3) is 0.188. The molecule has 0 saturated carbocycles. The number of carbonyl (C=O) groups excluding carboxylic acids is 1. The highest BCUT2D eigenvalue weighted by Gasteiger charge is 2.36. The number of para-hydroxylation sites is 1. The minimum absolute atomic E-state index is 0.160. The summed E-state index contributed by atoms with van der Waals surface area (Å²) in [5, 5.41) is 8.13. The number of nitrogens with one attached hydrogen (secondary N) is 1. The smallest absolute Gasteiger partial charge is 0.322 e. The summed E-state index contributed by atoms with van der Waals surface area (Å²) in [6.07, 6.45) is 4.10. The van der Waals surface area contributed by atoms with E-state index in [0.717, 1.165) is 50.3 Å². The van der Waals surface area contributed by atoms with Crippen molar-refractivity contribution in [1.29, 1.82) is 0 Å². The number of carbonyl (C=O) groups is 1. The van der Waals surface area contributed by atoms with Gasteiger partial charge >= 0.3 is 6.03 Å². The SMILES string of the molecule is CSc1cccc(NC(=O)N2Cc3c(C)nn(-c4ccccc4)c3-n3cccc3C2c2ccc(N(C)C)cc2)c1. The molecule has 1 N–H and O–H groups in total. The predicted octanol–water partition coefficient (Wildman–Crippen LogP) is 6.90. The molecular formula is C32H32N6OS.